The Hall–Kier alpha value is -4.04. The van der Waals surface area contributed by atoms with Gasteiger partial charge in [0.25, 0.3) is 0 Å². The molecule has 6 rings (SSSR count). The molecule has 8 heteroatoms. The van der Waals surface area contributed by atoms with Gasteiger partial charge in [-0.05, 0) is 48.0 Å². The third-order valence-electron chi connectivity index (χ3n) is 6.70. The fourth-order valence-corrected chi connectivity index (χ4v) is 4.85. The molecule has 0 radical (unpaired) electrons. The second-order valence-electron chi connectivity index (χ2n) is 8.95. The number of halogens is 1. The first-order chi connectivity index (χ1) is 17.1. The second-order valence-corrected chi connectivity index (χ2v) is 8.95. The molecule has 3 heterocycles. The number of aromatic nitrogens is 2. The molecule has 35 heavy (non-hydrogen) atoms. The number of rotatable bonds is 5. The fraction of sp³-hybridized carbons (Fsp3) is 0.222. The number of nitrogens with zero attached hydrogens (tertiary/aromatic N) is 3. The summed E-state index contributed by atoms with van der Waals surface area (Å²) >= 11 is 0. The van der Waals surface area contributed by atoms with E-state index in [-0.39, 0.29) is 42.1 Å². The molecular weight excluding hydrogens is 447 g/mol. The van der Waals surface area contributed by atoms with Crippen LogP contribution in [-0.4, -0.2) is 40.9 Å². The van der Waals surface area contributed by atoms with Gasteiger partial charge in [0.1, 0.15) is 5.82 Å². The maximum absolute atomic E-state index is 13.4. The molecule has 176 valence electrons. The van der Waals surface area contributed by atoms with Crippen LogP contribution >= 0.6 is 0 Å². The molecule has 7 nitrogen and oxygen atoms in total. The lowest BCUT2D eigenvalue weighted by Crippen LogP contribution is -2.47. The van der Waals surface area contributed by atoms with E-state index in [9.17, 15) is 14.0 Å². The average molecular weight is 471 g/mol. The van der Waals surface area contributed by atoms with Crippen molar-refractivity contribution in [1.82, 2.24) is 15.1 Å². The molecule has 0 saturated carbocycles. The Balaban J connectivity index is 1.36. The Kier molecular flexibility index (Phi) is 5.30. The highest BCUT2D eigenvalue weighted by molar-refractivity contribution is 6.00. The van der Waals surface area contributed by atoms with Gasteiger partial charge in [-0.3, -0.25) is 9.59 Å². The van der Waals surface area contributed by atoms with Crippen molar-refractivity contribution in [2.75, 3.05) is 18.1 Å². The van der Waals surface area contributed by atoms with E-state index in [1.54, 1.807) is 27.9 Å². The second kappa shape index (κ2) is 8.63. The van der Waals surface area contributed by atoms with Gasteiger partial charge < -0.3 is 15.0 Å². The van der Waals surface area contributed by atoms with Gasteiger partial charge in [-0.1, -0.05) is 30.3 Å². The van der Waals surface area contributed by atoms with Crippen molar-refractivity contribution >= 4 is 28.4 Å². The van der Waals surface area contributed by atoms with Gasteiger partial charge in [-0.15, -0.1) is 0 Å². The zero-order valence-corrected chi connectivity index (χ0v) is 18.8. The molecule has 2 saturated heterocycles. The van der Waals surface area contributed by atoms with Crippen LogP contribution in [0, 0.1) is 11.7 Å². The van der Waals surface area contributed by atoms with Crippen LogP contribution in [0.25, 0.3) is 16.6 Å². The van der Waals surface area contributed by atoms with E-state index in [0.29, 0.717) is 13.2 Å². The predicted molar refractivity (Wildman–Crippen MR) is 129 cm³/mol. The summed E-state index contributed by atoms with van der Waals surface area (Å²) in [6.45, 7) is 0.835. The number of carbonyl (C=O) groups excluding carboxylic acids is 2. The van der Waals surface area contributed by atoms with Crippen LogP contribution in [0.5, 0.6) is 0 Å². The summed E-state index contributed by atoms with van der Waals surface area (Å²) in [6, 6.07) is 20.9. The number of carbonyl (C=O) groups is 2. The molecule has 1 N–H and O–H groups in total. The van der Waals surface area contributed by atoms with Crippen LogP contribution in [0.1, 0.15) is 18.0 Å². The van der Waals surface area contributed by atoms with Gasteiger partial charge in [0.15, 0.2) is 0 Å². The van der Waals surface area contributed by atoms with E-state index in [1.807, 2.05) is 48.5 Å². The topological polar surface area (TPSA) is 76.5 Å². The zero-order valence-electron chi connectivity index (χ0n) is 18.8. The summed E-state index contributed by atoms with van der Waals surface area (Å²) in [5.41, 5.74) is 3.28. The zero-order chi connectivity index (χ0) is 23.9. The third-order valence-corrected chi connectivity index (χ3v) is 6.70. The first-order valence-electron chi connectivity index (χ1n) is 11.6. The number of benzene rings is 3. The minimum atomic E-state index is -0.351. The molecule has 4 aromatic rings. The van der Waals surface area contributed by atoms with E-state index in [0.717, 1.165) is 27.8 Å². The van der Waals surface area contributed by atoms with Crippen LogP contribution in [-0.2, 0) is 14.3 Å². The number of hydrogen-bond acceptors (Lipinski definition) is 4. The smallest absolute Gasteiger partial charge is 0.229 e. The highest BCUT2D eigenvalue weighted by atomic mass is 19.1. The Morgan fingerprint density at radius 3 is 2.46 bits per heavy atom. The largest absolute Gasteiger partial charge is 0.380 e. The summed E-state index contributed by atoms with van der Waals surface area (Å²) in [5, 5.41) is 8.42. The number of hydrogen-bond donors (Lipinski definition) is 1. The van der Waals surface area contributed by atoms with Crippen LogP contribution < -0.4 is 10.2 Å². The molecule has 0 spiro atoms. The number of fused-ring (bicyclic) bond motifs is 1. The molecule has 1 aromatic heterocycles. The van der Waals surface area contributed by atoms with Crippen molar-refractivity contribution in [3.8, 4) is 5.69 Å². The Morgan fingerprint density at radius 2 is 1.74 bits per heavy atom. The molecule has 2 amide bonds. The van der Waals surface area contributed by atoms with Crippen LogP contribution in [0.3, 0.4) is 0 Å². The van der Waals surface area contributed by atoms with Gasteiger partial charge >= 0.3 is 0 Å². The SMILES string of the molecule is O=C(NC1CC(=O)N(c2ccc3c(cnn3-c3ccc(F)cc3)c2)[C@@H]1c1ccccc1)C1COC1. The molecule has 2 atom stereocenters. The first-order valence-corrected chi connectivity index (χ1v) is 11.6. The fourth-order valence-electron chi connectivity index (χ4n) is 4.85. The molecule has 2 fully saturated rings. The first kappa shape index (κ1) is 21.5. The van der Waals surface area contributed by atoms with E-state index < -0.39 is 0 Å². The molecule has 1 unspecified atom stereocenters. The molecule has 2 aliphatic heterocycles. The summed E-state index contributed by atoms with van der Waals surface area (Å²) in [4.78, 5) is 27.7. The summed E-state index contributed by atoms with van der Waals surface area (Å²) in [5.74, 6) is -0.602. The van der Waals surface area contributed by atoms with E-state index in [2.05, 4.69) is 10.4 Å². The number of nitrogens with one attached hydrogen (secondary N) is 1. The van der Waals surface area contributed by atoms with Crippen molar-refractivity contribution < 1.29 is 18.7 Å². The van der Waals surface area contributed by atoms with Crippen molar-refractivity contribution in [2.24, 2.45) is 5.92 Å². The minimum absolute atomic E-state index is 0.0562. The average Bonchev–Trinajstić information content (AvgIpc) is 3.39. The molecule has 0 aliphatic carbocycles. The highest BCUT2D eigenvalue weighted by Crippen LogP contribution is 2.39. The number of ether oxygens (including phenoxy) is 1. The summed E-state index contributed by atoms with van der Waals surface area (Å²) in [7, 11) is 0. The van der Waals surface area contributed by atoms with Crippen LogP contribution in [0.4, 0.5) is 10.1 Å². The standard InChI is InChI=1S/C27H23FN4O3/c28-20-6-8-21(9-7-20)32-24-11-10-22(12-18(24)14-29-32)31-25(33)13-23(30-27(34)19-15-35-16-19)26(31)17-4-2-1-3-5-17/h1-12,14,19,23,26H,13,15-16H2,(H,30,34)/t23?,26-/m1/s1. The van der Waals surface area contributed by atoms with Crippen LogP contribution in [0.2, 0.25) is 0 Å². The lowest BCUT2D eigenvalue weighted by atomic mass is 9.98. The predicted octanol–water partition coefficient (Wildman–Crippen LogP) is 3.77. The van der Waals surface area contributed by atoms with Gasteiger partial charge in [0.2, 0.25) is 11.8 Å². The maximum Gasteiger partial charge on any atom is 0.229 e. The van der Waals surface area contributed by atoms with Gasteiger partial charge in [-0.2, -0.15) is 5.10 Å². The monoisotopic (exact) mass is 470 g/mol. The van der Waals surface area contributed by atoms with Crippen molar-refractivity contribution in [3.05, 3.63) is 90.4 Å². The maximum atomic E-state index is 13.4. The number of anilines is 1. The van der Waals surface area contributed by atoms with Gasteiger partial charge in [0.05, 0.1) is 48.6 Å². The third kappa shape index (κ3) is 3.85. The van der Waals surface area contributed by atoms with Gasteiger partial charge in [0, 0.05) is 17.5 Å². The Morgan fingerprint density at radius 1 is 1.00 bits per heavy atom. The number of amides is 2. The van der Waals surface area contributed by atoms with Crippen LogP contribution in [0.15, 0.2) is 79.0 Å². The van der Waals surface area contributed by atoms with Crippen molar-refractivity contribution in [1.29, 1.82) is 0 Å². The van der Waals surface area contributed by atoms with E-state index in [4.69, 9.17) is 4.74 Å². The summed E-state index contributed by atoms with van der Waals surface area (Å²) in [6.07, 6.45) is 1.95. The summed E-state index contributed by atoms with van der Waals surface area (Å²) < 4.78 is 20.3. The minimum Gasteiger partial charge on any atom is -0.380 e. The lowest BCUT2D eigenvalue weighted by Gasteiger charge is -2.31. The van der Waals surface area contributed by atoms with E-state index in [1.165, 1.54) is 12.1 Å². The Labute approximate surface area is 201 Å². The quantitative estimate of drug-likeness (QED) is 0.482. The molecule has 3 aromatic carbocycles. The Bertz CT molecular complexity index is 1400. The van der Waals surface area contributed by atoms with Gasteiger partial charge in [-0.25, -0.2) is 9.07 Å². The molecule has 2 aliphatic rings. The van der Waals surface area contributed by atoms with E-state index >= 15 is 0 Å². The van der Waals surface area contributed by atoms with Crippen molar-refractivity contribution in [3.63, 3.8) is 0 Å². The molecular formula is C27H23FN4O3. The normalized spacial score (nSPS) is 20.3. The highest BCUT2D eigenvalue weighted by Gasteiger charge is 2.43. The lowest BCUT2D eigenvalue weighted by molar-refractivity contribution is -0.139. The van der Waals surface area contributed by atoms with Crippen molar-refractivity contribution in [2.45, 2.75) is 18.5 Å². The molecule has 0 bridgehead atoms.